The van der Waals surface area contributed by atoms with Gasteiger partial charge in [-0.25, -0.2) is 4.68 Å². The van der Waals surface area contributed by atoms with Crippen molar-refractivity contribution < 1.29 is 0 Å². The normalized spacial score (nSPS) is 17.8. The zero-order chi connectivity index (χ0) is 11.9. The number of nitrogens with zero attached hydrogens (tertiary/aromatic N) is 3. The van der Waals surface area contributed by atoms with Crippen LogP contribution in [-0.4, -0.2) is 14.8 Å². The Morgan fingerprint density at radius 2 is 2.00 bits per heavy atom. The summed E-state index contributed by atoms with van der Waals surface area (Å²) >= 11 is 0. The number of hydrogen-bond acceptors (Lipinski definition) is 2. The Labute approximate surface area is 101 Å². The molecule has 0 fully saturated rings. The second-order valence-electron chi connectivity index (χ2n) is 5.57. The van der Waals surface area contributed by atoms with Crippen molar-refractivity contribution in [2.75, 3.05) is 0 Å². The summed E-state index contributed by atoms with van der Waals surface area (Å²) in [7, 11) is 0. The van der Waals surface area contributed by atoms with E-state index < -0.39 is 0 Å². The molecule has 0 saturated heterocycles. The van der Waals surface area contributed by atoms with E-state index >= 15 is 0 Å². The van der Waals surface area contributed by atoms with E-state index in [4.69, 9.17) is 0 Å². The largest absolute Gasteiger partial charge is 0.265 e. The van der Waals surface area contributed by atoms with Crippen LogP contribution in [0.15, 0.2) is 30.7 Å². The third-order valence-corrected chi connectivity index (χ3v) is 3.57. The van der Waals surface area contributed by atoms with E-state index in [0.717, 1.165) is 18.5 Å². The summed E-state index contributed by atoms with van der Waals surface area (Å²) in [6.07, 6.45) is 9.14. The van der Waals surface area contributed by atoms with Gasteiger partial charge in [0.1, 0.15) is 0 Å². The highest BCUT2D eigenvalue weighted by Gasteiger charge is 2.28. The first-order valence-corrected chi connectivity index (χ1v) is 6.12. The molecule has 3 rings (SSSR count). The van der Waals surface area contributed by atoms with Gasteiger partial charge in [0.15, 0.2) is 0 Å². The number of rotatable bonds is 1. The van der Waals surface area contributed by atoms with Gasteiger partial charge in [-0.2, -0.15) is 5.10 Å². The first-order chi connectivity index (χ1) is 8.16. The van der Waals surface area contributed by atoms with Crippen molar-refractivity contribution >= 4 is 0 Å². The zero-order valence-electron chi connectivity index (χ0n) is 10.3. The standard InChI is InChI=1S/C14H17N3/c1-14(2)6-3-13-11(9-14)10-16-17(13)12-4-7-15-8-5-12/h4-5,7-8,10H,3,6,9H2,1-2H3. The van der Waals surface area contributed by atoms with Crippen molar-refractivity contribution in [1.82, 2.24) is 14.8 Å². The van der Waals surface area contributed by atoms with E-state index in [2.05, 4.69) is 28.6 Å². The van der Waals surface area contributed by atoms with Crippen LogP contribution < -0.4 is 0 Å². The molecule has 0 bridgehead atoms. The molecular formula is C14H17N3. The number of hydrogen-bond donors (Lipinski definition) is 0. The maximum Gasteiger partial charge on any atom is 0.0679 e. The molecule has 0 aliphatic heterocycles. The lowest BCUT2D eigenvalue weighted by Gasteiger charge is -2.29. The maximum atomic E-state index is 4.52. The van der Waals surface area contributed by atoms with Crippen molar-refractivity contribution in [3.05, 3.63) is 42.0 Å². The Morgan fingerprint density at radius 1 is 1.24 bits per heavy atom. The van der Waals surface area contributed by atoms with Crippen molar-refractivity contribution in [2.45, 2.75) is 33.1 Å². The van der Waals surface area contributed by atoms with Crippen molar-refractivity contribution in [3.8, 4) is 5.69 Å². The molecule has 88 valence electrons. The Bertz CT molecular complexity index is 526. The second-order valence-corrected chi connectivity index (χ2v) is 5.57. The quantitative estimate of drug-likeness (QED) is 0.750. The van der Waals surface area contributed by atoms with Crippen LogP contribution in [0.25, 0.3) is 5.69 Å². The van der Waals surface area contributed by atoms with Gasteiger partial charge in [-0.15, -0.1) is 0 Å². The van der Waals surface area contributed by atoms with E-state index in [-0.39, 0.29) is 0 Å². The summed E-state index contributed by atoms with van der Waals surface area (Å²) in [5, 5.41) is 4.52. The van der Waals surface area contributed by atoms with Crippen LogP contribution in [0.4, 0.5) is 0 Å². The summed E-state index contributed by atoms with van der Waals surface area (Å²) in [6.45, 7) is 4.67. The minimum absolute atomic E-state index is 0.416. The molecule has 1 aliphatic carbocycles. The summed E-state index contributed by atoms with van der Waals surface area (Å²) in [5.41, 5.74) is 4.30. The molecule has 2 aromatic heterocycles. The fourth-order valence-corrected chi connectivity index (χ4v) is 2.59. The van der Waals surface area contributed by atoms with Crippen LogP contribution in [0.2, 0.25) is 0 Å². The monoisotopic (exact) mass is 227 g/mol. The number of pyridine rings is 1. The second kappa shape index (κ2) is 3.69. The van der Waals surface area contributed by atoms with Crippen LogP contribution in [0.5, 0.6) is 0 Å². The highest BCUT2D eigenvalue weighted by molar-refractivity contribution is 5.35. The van der Waals surface area contributed by atoms with E-state index in [0.29, 0.717) is 5.41 Å². The lowest BCUT2D eigenvalue weighted by molar-refractivity contribution is 0.312. The fraction of sp³-hybridized carbons (Fsp3) is 0.429. The molecule has 0 N–H and O–H groups in total. The van der Waals surface area contributed by atoms with E-state index in [1.165, 1.54) is 17.7 Å². The van der Waals surface area contributed by atoms with Crippen LogP contribution in [-0.2, 0) is 12.8 Å². The predicted molar refractivity (Wildman–Crippen MR) is 67.2 cm³/mol. The van der Waals surface area contributed by atoms with Crippen molar-refractivity contribution in [2.24, 2.45) is 5.41 Å². The third-order valence-electron chi connectivity index (χ3n) is 3.57. The van der Waals surface area contributed by atoms with E-state index in [1.807, 2.05) is 30.7 Å². The lowest BCUT2D eigenvalue weighted by atomic mass is 9.77. The van der Waals surface area contributed by atoms with E-state index in [9.17, 15) is 0 Å². The van der Waals surface area contributed by atoms with Gasteiger partial charge in [0.25, 0.3) is 0 Å². The van der Waals surface area contributed by atoms with Gasteiger partial charge >= 0.3 is 0 Å². The Kier molecular flexibility index (Phi) is 2.28. The van der Waals surface area contributed by atoms with E-state index in [1.54, 1.807) is 0 Å². The molecule has 0 atom stereocenters. The molecular weight excluding hydrogens is 210 g/mol. The van der Waals surface area contributed by atoms with Gasteiger partial charge < -0.3 is 0 Å². The highest BCUT2D eigenvalue weighted by atomic mass is 15.3. The highest BCUT2D eigenvalue weighted by Crippen LogP contribution is 2.35. The van der Waals surface area contributed by atoms with Crippen LogP contribution >= 0.6 is 0 Å². The Balaban J connectivity index is 2.03. The zero-order valence-corrected chi connectivity index (χ0v) is 10.3. The van der Waals surface area contributed by atoms with Crippen molar-refractivity contribution in [3.63, 3.8) is 0 Å². The molecule has 1 aliphatic rings. The fourth-order valence-electron chi connectivity index (χ4n) is 2.59. The molecule has 0 spiro atoms. The first-order valence-electron chi connectivity index (χ1n) is 6.12. The van der Waals surface area contributed by atoms with Crippen LogP contribution in [0.1, 0.15) is 31.5 Å². The van der Waals surface area contributed by atoms with Crippen molar-refractivity contribution in [1.29, 1.82) is 0 Å². The maximum absolute atomic E-state index is 4.52. The summed E-state index contributed by atoms with van der Waals surface area (Å²) in [4.78, 5) is 4.05. The molecule has 3 nitrogen and oxygen atoms in total. The lowest BCUT2D eigenvalue weighted by Crippen LogP contribution is -2.22. The molecule has 17 heavy (non-hydrogen) atoms. The molecule has 2 heterocycles. The summed E-state index contributed by atoms with van der Waals surface area (Å²) in [5.74, 6) is 0. The Hall–Kier alpha value is -1.64. The predicted octanol–water partition coefficient (Wildman–Crippen LogP) is 2.78. The molecule has 0 radical (unpaired) electrons. The Morgan fingerprint density at radius 3 is 2.76 bits per heavy atom. The smallest absolute Gasteiger partial charge is 0.0679 e. The molecule has 2 aromatic rings. The molecule has 3 heteroatoms. The van der Waals surface area contributed by atoms with Crippen LogP contribution in [0, 0.1) is 5.41 Å². The van der Waals surface area contributed by atoms with Gasteiger partial charge in [-0.3, -0.25) is 4.98 Å². The third kappa shape index (κ3) is 1.86. The minimum atomic E-state index is 0.416. The average Bonchev–Trinajstić information content (AvgIpc) is 2.71. The molecule has 0 unspecified atom stereocenters. The average molecular weight is 227 g/mol. The van der Waals surface area contributed by atoms with Crippen LogP contribution in [0.3, 0.4) is 0 Å². The summed E-state index contributed by atoms with van der Waals surface area (Å²) in [6, 6.07) is 4.01. The minimum Gasteiger partial charge on any atom is -0.265 e. The van der Waals surface area contributed by atoms with Gasteiger partial charge in [0, 0.05) is 18.1 Å². The molecule has 0 aromatic carbocycles. The summed E-state index contributed by atoms with van der Waals surface area (Å²) < 4.78 is 2.06. The van der Waals surface area contributed by atoms with Gasteiger partial charge in [-0.1, -0.05) is 13.8 Å². The first kappa shape index (κ1) is 10.5. The van der Waals surface area contributed by atoms with Gasteiger partial charge in [-0.05, 0) is 42.4 Å². The number of fused-ring (bicyclic) bond motifs is 1. The van der Waals surface area contributed by atoms with Gasteiger partial charge in [0.2, 0.25) is 0 Å². The number of aromatic nitrogens is 3. The van der Waals surface area contributed by atoms with Gasteiger partial charge in [0.05, 0.1) is 11.9 Å². The molecule has 0 saturated carbocycles. The SMILES string of the molecule is CC1(C)CCc2c(cnn2-c2ccncc2)C1. The topological polar surface area (TPSA) is 30.7 Å². The molecule has 0 amide bonds.